The van der Waals surface area contributed by atoms with Crippen LogP contribution >= 0.6 is 0 Å². The molecule has 3 N–H and O–H groups in total. The van der Waals surface area contributed by atoms with Gasteiger partial charge in [0.15, 0.2) is 5.41 Å². The molecule has 0 radical (unpaired) electrons. The van der Waals surface area contributed by atoms with Crippen LogP contribution in [-0.2, 0) is 40.6 Å². The lowest BCUT2D eigenvalue weighted by molar-refractivity contribution is -0.146. The highest BCUT2D eigenvalue weighted by molar-refractivity contribution is 6.15. The summed E-state index contributed by atoms with van der Waals surface area (Å²) in [5, 5.41) is 2.90. The van der Waals surface area contributed by atoms with E-state index in [4.69, 9.17) is 19.9 Å². The van der Waals surface area contributed by atoms with Crippen LogP contribution in [-0.4, -0.2) is 25.0 Å². The molecule has 4 rings (SSSR count). The van der Waals surface area contributed by atoms with Crippen LogP contribution in [0.25, 0.3) is 0 Å². The van der Waals surface area contributed by atoms with Crippen molar-refractivity contribution in [3.63, 3.8) is 0 Å². The van der Waals surface area contributed by atoms with E-state index in [0.29, 0.717) is 11.3 Å². The van der Waals surface area contributed by atoms with Crippen molar-refractivity contribution < 1.29 is 28.6 Å². The Morgan fingerprint density at radius 3 is 2.42 bits per heavy atom. The lowest BCUT2D eigenvalue weighted by Gasteiger charge is -2.35. The molecule has 0 saturated carbocycles. The third-order valence-electron chi connectivity index (χ3n) is 5.33. The minimum atomic E-state index is -1.91. The molecule has 0 aromatic heterocycles. The number of ether oxygens (including phenoxy) is 3. The van der Waals surface area contributed by atoms with E-state index in [1.807, 2.05) is 18.2 Å². The molecule has 8 nitrogen and oxygen atoms in total. The number of rotatable bonds is 4. The molecule has 0 saturated heterocycles. The summed E-state index contributed by atoms with van der Waals surface area (Å²) in [5.74, 6) is -2.55. The number of methoxy groups -OCH3 is 1. The van der Waals surface area contributed by atoms with Crippen molar-refractivity contribution in [2.45, 2.75) is 18.9 Å². The van der Waals surface area contributed by atoms with Gasteiger partial charge in [0.2, 0.25) is 0 Å². The molecule has 0 aliphatic carbocycles. The number of cyclic esters (lactones) is 1. The molecule has 2 aromatic carbocycles. The van der Waals surface area contributed by atoms with Crippen molar-refractivity contribution in [2.24, 2.45) is 5.73 Å². The Hall–Kier alpha value is -4.07. The fourth-order valence-corrected chi connectivity index (χ4v) is 4.03. The van der Waals surface area contributed by atoms with Crippen LogP contribution in [0.15, 0.2) is 77.3 Å². The van der Waals surface area contributed by atoms with Gasteiger partial charge in [-0.05, 0) is 18.6 Å². The number of esters is 3. The van der Waals surface area contributed by atoms with Gasteiger partial charge < -0.3 is 25.3 Å². The Morgan fingerprint density at radius 1 is 1.03 bits per heavy atom. The van der Waals surface area contributed by atoms with Gasteiger partial charge in [-0.25, -0.2) is 14.4 Å². The summed E-state index contributed by atoms with van der Waals surface area (Å²) in [5.41, 5.74) is 5.49. The molecular formula is C23H20N2O6. The molecule has 2 aromatic rings. The highest BCUT2D eigenvalue weighted by Crippen LogP contribution is 2.52. The van der Waals surface area contributed by atoms with Gasteiger partial charge in [-0.1, -0.05) is 48.5 Å². The summed E-state index contributed by atoms with van der Waals surface area (Å²) >= 11 is 0. The molecule has 158 valence electrons. The zero-order chi connectivity index (χ0) is 22.2. The average molecular weight is 420 g/mol. The van der Waals surface area contributed by atoms with E-state index in [0.717, 1.165) is 5.56 Å². The van der Waals surface area contributed by atoms with E-state index in [1.165, 1.54) is 14.0 Å². The van der Waals surface area contributed by atoms with Crippen LogP contribution < -0.4 is 11.1 Å². The summed E-state index contributed by atoms with van der Waals surface area (Å²) in [6.45, 7) is 1.45. The van der Waals surface area contributed by atoms with Crippen LogP contribution in [0.1, 0.15) is 18.1 Å². The van der Waals surface area contributed by atoms with Crippen molar-refractivity contribution in [3.05, 3.63) is 88.5 Å². The van der Waals surface area contributed by atoms with Gasteiger partial charge in [0.1, 0.15) is 29.3 Å². The summed E-state index contributed by atoms with van der Waals surface area (Å²) in [4.78, 5) is 39.3. The minimum absolute atomic E-state index is 0.0205. The fourth-order valence-electron chi connectivity index (χ4n) is 4.03. The van der Waals surface area contributed by atoms with E-state index in [2.05, 4.69) is 5.32 Å². The van der Waals surface area contributed by atoms with Crippen molar-refractivity contribution in [1.29, 1.82) is 0 Å². The maximum Gasteiger partial charge on any atom is 0.339 e. The maximum absolute atomic E-state index is 13.3. The van der Waals surface area contributed by atoms with Gasteiger partial charge in [0.05, 0.1) is 7.11 Å². The molecular weight excluding hydrogens is 400 g/mol. The van der Waals surface area contributed by atoms with Crippen molar-refractivity contribution >= 4 is 23.6 Å². The summed E-state index contributed by atoms with van der Waals surface area (Å²) in [6, 6.07) is 15.8. The number of hydrogen-bond donors (Lipinski definition) is 2. The molecule has 0 amide bonds. The van der Waals surface area contributed by atoms with Gasteiger partial charge in [-0.15, -0.1) is 0 Å². The van der Waals surface area contributed by atoms with Gasteiger partial charge in [0.25, 0.3) is 0 Å². The molecule has 31 heavy (non-hydrogen) atoms. The molecule has 1 atom stereocenters. The van der Waals surface area contributed by atoms with Crippen LogP contribution in [0.5, 0.6) is 0 Å². The Morgan fingerprint density at radius 2 is 1.71 bits per heavy atom. The van der Waals surface area contributed by atoms with Crippen molar-refractivity contribution in [1.82, 2.24) is 0 Å². The Bertz CT molecular complexity index is 1150. The summed E-state index contributed by atoms with van der Waals surface area (Å²) in [7, 11) is 1.17. The van der Waals surface area contributed by atoms with Crippen LogP contribution in [0.3, 0.4) is 0 Å². The number of carbonyl (C=O) groups is 3. The highest BCUT2D eigenvalue weighted by atomic mass is 16.6. The third-order valence-corrected chi connectivity index (χ3v) is 5.33. The summed E-state index contributed by atoms with van der Waals surface area (Å²) in [6.07, 6.45) is 0. The molecule has 2 aliphatic rings. The first kappa shape index (κ1) is 20.2. The average Bonchev–Trinajstić information content (AvgIpc) is 3.02. The number of nitrogens with two attached hydrogens (primary N) is 1. The Labute approximate surface area is 178 Å². The first-order valence-electron chi connectivity index (χ1n) is 9.51. The number of nitrogens with one attached hydrogen (secondary N) is 1. The lowest BCUT2D eigenvalue weighted by atomic mass is 9.67. The molecule has 2 heterocycles. The molecule has 8 heteroatoms. The minimum Gasteiger partial charge on any atom is -0.466 e. The van der Waals surface area contributed by atoms with Gasteiger partial charge >= 0.3 is 17.9 Å². The monoisotopic (exact) mass is 420 g/mol. The van der Waals surface area contributed by atoms with E-state index >= 15 is 0 Å². The quantitative estimate of drug-likeness (QED) is 0.572. The second kappa shape index (κ2) is 7.64. The van der Waals surface area contributed by atoms with E-state index in [9.17, 15) is 14.4 Å². The van der Waals surface area contributed by atoms with Gasteiger partial charge in [-0.3, -0.25) is 0 Å². The standard InChI is InChI=1S/C23H20N2O6/c1-13-17(21(27)30-12-14-8-4-3-5-9-14)23(22(28)31-13)15-10-6-7-11-16(15)25-19(24)18(23)20(26)29-2/h3-11,25H,12,24H2,1-2H3. The maximum atomic E-state index is 13.3. The first-order chi connectivity index (χ1) is 14.9. The molecule has 0 fully saturated rings. The summed E-state index contributed by atoms with van der Waals surface area (Å²) < 4.78 is 15.8. The fraction of sp³-hybridized carbons (Fsp3) is 0.174. The number of benzene rings is 2. The largest absolute Gasteiger partial charge is 0.466 e. The molecule has 1 unspecified atom stereocenters. The number of fused-ring (bicyclic) bond motifs is 2. The van der Waals surface area contributed by atoms with Gasteiger partial charge in [0, 0.05) is 11.3 Å². The zero-order valence-electron chi connectivity index (χ0n) is 16.9. The predicted molar refractivity (Wildman–Crippen MR) is 110 cm³/mol. The lowest BCUT2D eigenvalue weighted by Crippen LogP contribution is -2.47. The second-order valence-corrected chi connectivity index (χ2v) is 7.08. The molecule has 2 aliphatic heterocycles. The van der Waals surface area contributed by atoms with Crippen molar-refractivity contribution in [3.8, 4) is 0 Å². The third kappa shape index (κ3) is 3.04. The number of carbonyl (C=O) groups excluding carboxylic acids is 3. The first-order valence-corrected chi connectivity index (χ1v) is 9.51. The van der Waals surface area contributed by atoms with E-state index in [1.54, 1.807) is 36.4 Å². The zero-order valence-corrected chi connectivity index (χ0v) is 16.9. The molecule has 0 bridgehead atoms. The highest BCUT2D eigenvalue weighted by Gasteiger charge is 2.62. The predicted octanol–water partition coefficient (Wildman–Crippen LogP) is 2.27. The number of hydrogen-bond acceptors (Lipinski definition) is 8. The number of para-hydroxylation sites is 1. The second-order valence-electron chi connectivity index (χ2n) is 7.08. The van der Waals surface area contributed by atoms with Crippen LogP contribution in [0, 0.1) is 0 Å². The number of allylic oxidation sites excluding steroid dienone is 1. The topological polar surface area (TPSA) is 117 Å². The van der Waals surface area contributed by atoms with Crippen LogP contribution in [0.2, 0.25) is 0 Å². The molecule has 1 spiro atoms. The van der Waals surface area contributed by atoms with Crippen LogP contribution in [0.4, 0.5) is 5.69 Å². The smallest absolute Gasteiger partial charge is 0.339 e. The van der Waals surface area contributed by atoms with Crippen molar-refractivity contribution in [2.75, 3.05) is 12.4 Å². The van der Waals surface area contributed by atoms with E-state index < -0.39 is 23.3 Å². The Kier molecular flexibility index (Phi) is 4.98. The van der Waals surface area contributed by atoms with Gasteiger partial charge in [-0.2, -0.15) is 0 Å². The Balaban J connectivity index is 1.87. The SMILES string of the molecule is COC(=O)C1=C(N)Nc2ccccc2C12C(=O)OC(C)=C2C(=O)OCc1ccccc1. The number of anilines is 1. The van der Waals surface area contributed by atoms with E-state index in [-0.39, 0.29) is 29.3 Å². The normalized spacial score (nSPS) is 19.6.